The van der Waals surface area contributed by atoms with Crippen molar-refractivity contribution in [2.24, 2.45) is 0 Å². The summed E-state index contributed by atoms with van der Waals surface area (Å²) in [7, 11) is 0. The molecule has 1 heterocycles. The Bertz CT molecular complexity index is 608. The number of hydrogen-bond donors (Lipinski definition) is 1. The highest BCUT2D eigenvalue weighted by molar-refractivity contribution is 14.1. The number of benzene rings is 1. The van der Waals surface area contributed by atoms with Crippen molar-refractivity contribution in [2.75, 3.05) is 5.32 Å². The van der Waals surface area contributed by atoms with Gasteiger partial charge in [0, 0.05) is 0 Å². The topological polar surface area (TPSA) is 51.2 Å². The molecule has 0 fully saturated rings. The summed E-state index contributed by atoms with van der Waals surface area (Å²) in [6.45, 7) is 5.73. The molecule has 0 unspecified atom stereocenters. The minimum absolute atomic E-state index is 0.291. The third kappa shape index (κ3) is 3.49. The lowest BCUT2D eigenvalue weighted by molar-refractivity contribution is 0.121. The van der Waals surface area contributed by atoms with Crippen molar-refractivity contribution in [2.45, 2.75) is 26.9 Å². The summed E-state index contributed by atoms with van der Waals surface area (Å²) in [6.07, 6.45) is -0.747. The highest BCUT2D eigenvalue weighted by atomic mass is 127. The fraction of sp³-hybridized carbons (Fsp3) is 0.286. The Hall–Kier alpha value is -1.15. The summed E-state index contributed by atoms with van der Waals surface area (Å²) in [4.78, 5) is 12.0. The van der Waals surface area contributed by atoms with Gasteiger partial charge in [0.15, 0.2) is 0 Å². The second-order valence-electron chi connectivity index (χ2n) is 4.45. The van der Waals surface area contributed by atoms with Crippen molar-refractivity contribution >= 4 is 45.9 Å². The van der Waals surface area contributed by atoms with E-state index in [1.807, 2.05) is 45.0 Å². The van der Waals surface area contributed by atoms with E-state index in [0.29, 0.717) is 0 Å². The molecular formula is C14H15IN2O2S. The molecule has 1 aromatic heterocycles. The molecule has 1 N–H and O–H groups in total. The molecule has 6 heteroatoms. The van der Waals surface area contributed by atoms with E-state index in [1.165, 1.54) is 11.5 Å². The van der Waals surface area contributed by atoms with Crippen LogP contribution in [0.4, 0.5) is 10.5 Å². The van der Waals surface area contributed by atoms with Crippen LogP contribution in [0.5, 0.6) is 0 Å². The van der Waals surface area contributed by atoms with Gasteiger partial charge >= 0.3 is 6.09 Å². The van der Waals surface area contributed by atoms with E-state index in [9.17, 15) is 4.79 Å². The summed E-state index contributed by atoms with van der Waals surface area (Å²) in [5.74, 6) is 0. The molecular weight excluding hydrogens is 387 g/mol. The van der Waals surface area contributed by atoms with Gasteiger partial charge in [-0.05, 0) is 66.0 Å². The van der Waals surface area contributed by atoms with Crippen molar-refractivity contribution in [3.05, 3.63) is 44.0 Å². The maximum Gasteiger partial charge on any atom is 0.412 e. The number of ether oxygens (including phenoxy) is 1. The van der Waals surface area contributed by atoms with Crippen LogP contribution >= 0.6 is 34.1 Å². The maximum absolute atomic E-state index is 12.0. The van der Waals surface area contributed by atoms with Crippen molar-refractivity contribution in [3.63, 3.8) is 0 Å². The van der Waals surface area contributed by atoms with E-state index in [4.69, 9.17) is 4.74 Å². The van der Waals surface area contributed by atoms with Crippen LogP contribution in [0.3, 0.4) is 0 Å². The van der Waals surface area contributed by atoms with Gasteiger partial charge in [-0.3, -0.25) is 5.32 Å². The molecule has 4 nitrogen and oxygen atoms in total. The number of aromatic nitrogens is 1. The van der Waals surface area contributed by atoms with Crippen LogP contribution in [-0.2, 0) is 4.74 Å². The maximum atomic E-state index is 12.0. The third-order valence-electron chi connectivity index (χ3n) is 2.96. The standard InChI is InChI=1S/C14H15IN2O2S/c1-8-6-4-5-7-11(8)10(3)19-14(18)16-12-9(2)17-20-13(12)15/h4-7,10H,1-3H3,(H,16,18)/t10-/m1/s1. The van der Waals surface area contributed by atoms with E-state index in [2.05, 4.69) is 32.3 Å². The highest BCUT2D eigenvalue weighted by Gasteiger charge is 2.16. The van der Waals surface area contributed by atoms with Gasteiger partial charge in [0.2, 0.25) is 0 Å². The van der Waals surface area contributed by atoms with Crippen LogP contribution in [0.15, 0.2) is 24.3 Å². The number of aryl methyl sites for hydroxylation is 2. The van der Waals surface area contributed by atoms with Gasteiger partial charge in [-0.25, -0.2) is 4.79 Å². The summed E-state index contributed by atoms with van der Waals surface area (Å²) >= 11 is 3.51. The zero-order valence-electron chi connectivity index (χ0n) is 11.4. The summed E-state index contributed by atoms with van der Waals surface area (Å²) in [5.41, 5.74) is 3.66. The molecule has 0 aliphatic carbocycles. The predicted molar refractivity (Wildman–Crippen MR) is 89.3 cm³/mol. The van der Waals surface area contributed by atoms with Crippen molar-refractivity contribution in [1.29, 1.82) is 0 Å². The normalized spacial score (nSPS) is 12.0. The van der Waals surface area contributed by atoms with E-state index < -0.39 is 6.09 Å². The molecule has 1 amide bonds. The average molecular weight is 402 g/mol. The molecule has 0 aliphatic rings. The number of rotatable bonds is 3. The predicted octanol–water partition coefficient (Wildman–Crippen LogP) is 4.67. The Morgan fingerprint density at radius 3 is 2.70 bits per heavy atom. The highest BCUT2D eigenvalue weighted by Crippen LogP contribution is 2.27. The molecule has 0 saturated heterocycles. The second-order valence-corrected chi connectivity index (χ2v) is 7.03. The molecule has 0 spiro atoms. The lowest BCUT2D eigenvalue weighted by atomic mass is 10.1. The Kier molecular flexibility index (Phi) is 4.98. The number of carbonyl (C=O) groups excluding carboxylic acids is 1. The molecule has 0 saturated carbocycles. The van der Waals surface area contributed by atoms with Crippen LogP contribution in [0.25, 0.3) is 0 Å². The zero-order chi connectivity index (χ0) is 14.7. The minimum atomic E-state index is -0.457. The molecule has 0 radical (unpaired) electrons. The van der Waals surface area contributed by atoms with Crippen LogP contribution in [-0.4, -0.2) is 10.5 Å². The van der Waals surface area contributed by atoms with Crippen LogP contribution in [0.1, 0.15) is 29.8 Å². The first kappa shape index (κ1) is 15.2. The first-order valence-corrected chi connectivity index (χ1v) is 7.99. The van der Waals surface area contributed by atoms with Gasteiger partial charge in [0.1, 0.15) is 8.99 Å². The number of nitrogens with zero attached hydrogens (tertiary/aromatic N) is 1. The van der Waals surface area contributed by atoms with Gasteiger partial charge in [-0.1, -0.05) is 24.3 Å². The first-order valence-electron chi connectivity index (χ1n) is 6.14. The molecule has 1 aromatic carbocycles. The molecule has 2 aromatic rings. The summed E-state index contributed by atoms with van der Waals surface area (Å²) < 4.78 is 10.6. The van der Waals surface area contributed by atoms with Gasteiger partial charge < -0.3 is 4.74 Å². The fourth-order valence-corrected chi connectivity index (χ4v) is 3.30. The minimum Gasteiger partial charge on any atom is -0.441 e. The fourth-order valence-electron chi connectivity index (χ4n) is 1.88. The number of anilines is 1. The molecule has 2 rings (SSSR count). The third-order valence-corrected chi connectivity index (χ3v) is 4.82. The van der Waals surface area contributed by atoms with Crippen LogP contribution in [0.2, 0.25) is 0 Å². The number of hydrogen-bond acceptors (Lipinski definition) is 4. The van der Waals surface area contributed by atoms with Crippen LogP contribution in [0, 0.1) is 16.7 Å². The lowest BCUT2D eigenvalue weighted by Crippen LogP contribution is -2.17. The van der Waals surface area contributed by atoms with Crippen LogP contribution < -0.4 is 5.32 Å². The van der Waals surface area contributed by atoms with E-state index in [1.54, 1.807) is 0 Å². The van der Waals surface area contributed by atoms with E-state index >= 15 is 0 Å². The molecule has 106 valence electrons. The second kappa shape index (κ2) is 6.53. The number of nitrogens with one attached hydrogen (secondary N) is 1. The van der Waals surface area contributed by atoms with E-state index in [0.717, 1.165) is 25.4 Å². The molecule has 0 bridgehead atoms. The van der Waals surface area contributed by atoms with Crippen molar-refractivity contribution in [1.82, 2.24) is 4.37 Å². The van der Waals surface area contributed by atoms with Gasteiger partial charge in [0.25, 0.3) is 0 Å². The average Bonchev–Trinajstić information content (AvgIpc) is 2.71. The zero-order valence-corrected chi connectivity index (χ0v) is 14.4. The Morgan fingerprint density at radius 1 is 1.40 bits per heavy atom. The van der Waals surface area contributed by atoms with Crippen molar-refractivity contribution < 1.29 is 9.53 Å². The van der Waals surface area contributed by atoms with Gasteiger partial charge in [0.05, 0.1) is 11.4 Å². The summed E-state index contributed by atoms with van der Waals surface area (Å²) in [6, 6.07) is 7.88. The lowest BCUT2D eigenvalue weighted by Gasteiger charge is -2.16. The Labute approximate surface area is 135 Å². The number of amides is 1. The van der Waals surface area contributed by atoms with Gasteiger partial charge in [-0.15, -0.1) is 0 Å². The largest absolute Gasteiger partial charge is 0.441 e. The monoisotopic (exact) mass is 402 g/mol. The molecule has 20 heavy (non-hydrogen) atoms. The Morgan fingerprint density at radius 2 is 2.10 bits per heavy atom. The van der Waals surface area contributed by atoms with E-state index in [-0.39, 0.29) is 6.10 Å². The van der Waals surface area contributed by atoms with Gasteiger partial charge in [-0.2, -0.15) is 4.37 Å². The number of halogens is 1. The first-order chi connectivity index (χ1) is 9.49. The SMILES string of the molecule is Cc1ccccc1[C@@H](C)OC(=O)Nc1c(C)nsc1I. The smallest absolute Gasteiger partial charge is 0.412 e. The Balaban J connectivity index is 2.04. The number of carbonyl (C=O) groups is 1. The molecule has 1 atom stereocenters. The van der Waals surface area contributed by atoms with Crippen molar-refractivity contribution in [3.8, 4) is 0 Å². The molecule has 0 aliphatic heterocycles. The summed E-state index contributed by atoms with van der Waals surface area (Å²) in [5, 5.41) is 2.76. The quantitative estimate of drug-likeness (QED) is 0.759.